The van der Waals surface area contributed by atoms with Crippen molar-refractivity contribution in [2.75, 3.05) is 12.8 Å². The molecule has 1 aromatic carbocycles. The maximum atomic E-state index is 12.4. The maximum absolute atomic E-state index is 12.4. The first-order valence-corrected chi connectivity index (χ1v) is 6.85. The van der Waals surface area contributed by atoms with E-state index in [0.717, 1.165) is 6.54 Å². The number of methoxy groups -OCH3 is 1. The van der Waals surface area contributed by atoms with Crippen LogP contribution in [0.1, 0.15) is 30.0 Å². The van der Waals surface area contributed by atoms with Gasteiger partial charge in [-0.2, -0.15) is 5.10 Å². The van der Waals surface area contributed by atoms with Crippen LogP contribution in [0.3, 0.4) is 0 Å². The molecule has 21 heavy (non-hydrogen) atoms. The summed E-state index contributed by atoms with van der Waals surface area (Å²) in [6, 6.07) is 5.18. The van der Waals surface area contributed by atoms with E-state index in [1.807, 2.05) is 0 Å². The van der Waals surface area contributed by atoms with Crippen LogP contribution in [-0.4, -0.2) is 27.7 Å². The van der Waals surface area contributed by atoms with Gasteiger partial charge in [0.05, 0.1) is 19.2 Å². The van der Waals surface area contributed by atoms with E-state index >= 15 is 0 Å². The number of carbonyl (C=O) groups excluding carboxylic acids is 1. The van der Waals surface area contributed by atoms with Gasteiger partial charge in [0.2, 0.25) is 0 Å². The van der Waals surface area contributed by atoms with Crippen LogP contribution in [0.25, 0.3) is 0 Å². The van der Waals surface area contributed by atoms with Gasteiger partial charge in [0, 0.05) is 12.1 Å². The van der Waals surface area contributed by atoms with Gasteiger partial charge in [0.1, 0.15) is 17.9 Å². The van der Waals surface area contributed by atoms with Crippen LogP contribution in [0.2, 0.25) is 0 Å². The predicted molar refractivity (Wildman–Crippen MR) is 80.3 cm³/mol. The molecule has 0 radical (unpaired) electrons. The summed E-state index contributed by atoms with van der Waals surface area (Å²) in [5, 5.41) is 4.16. The van der Waals surface area contributed by atoms with Crippen LogP contribution < -0.4 is 10.5 Å². The standard InChI is InChI=1S/C15H20N4O2/c1-10(2)8-19-14(17-9-18-19)7-12(20)11-5-4-6-13(21-3)15(11)16/h4-6,9-10H,7-8,16H2,1-3H3. The van der Waals surface area contributed by atoms with Crippen molar-refractivity contribution < 1.29 is 9.53 Å². The number of ether oxygens (including phenoxy) is 1. The molecule has 0 bridgehead atoms. The molecule has 2 N–H and O–H groups in total. The number of nitrogens with zero attached hydrogens (tertiary/aromatic N) is 3. The van der Waals surface area contributed by atoms with Gasteiger partial charge in [-0.25, -0.2) is 9.67 Å². The Morgan fingerprint density at radius 3 is 2.86 bits per heavy atom. The summed E-state index contributed by atoms with van der Waals surface area (Å²) in [6.45, 7) is 4.91. The molecule has 1 heterocycles. The zero-order chi connectivity index (χ0) is 15.4. The fraction of sp³-hybridized carbons (Fsp3) is 0.400. The number of nitrogen functional groups attached to an aromatic ring is 1. The highest BCUT2D eigenvalue weighted by molar-refractivity contribution is 6.02. The number of carbonyl (C=O) groups is 1. The highest BCUT2D eigenvalue weighted by Gasteiger charge is 2.16. The van der Waals surface area contributed by atoms with Gasteiger partial charge >= 0.3 is 0 Å². The number of nitrogens with two attached hydrogens (primary N) is 1. The van der Waals surface area contributed by atoms with Crippen molar-refractivity contribution in [1.82, 2.24) is 14.8 Å². The van der Waals surface area contributed by atoms with Gasteiger partial charge < -0.3 is 10.5 Å². The maximum Gasteiger partial charge on any atom is 0.172 e. The van der Waals surface area contributed by atoms with Crippen molar-refractivity contribution in [3.63, 3.8) is 0 Å². The molecule has 0 saturated heterocycles. The van der Waals surface area contributed by atoms with Crippen LogP contribution in [0.15, 0.2) is 24.5 Å². The zero-order valence-electron chi connectivity index (χ0n) is 12.5. The third-order valence-electron chi connectivity index (χ3n) is 3.14. The minimum absolute atomic E-state index is 0.0931. The number of Topliss-reactive ketones (excluding diaryl/α,β-unsaturated/α-hetero) is 1. The lowest BCUT2D eigenvalue weighted by Crippen LogP contribution is -2.15. The van der Waals surface area contributed by atoms with Crippen molar-refractivity contribution in [3.8, 4) is 5.75 Å². The Balaban J connectivity index is 2.21. The fourth-order valence-corrected chi connectivity index (χ4v) is 2.13. The minimum atomic E-state index is -0.0931. The van der Waals surface area contributed by atoms with Crippen LogP contribution in [0.5, 0.6) is 5.75 Å². The third kappa shape index (κ3) is 3.39. The highest BCUT2D eigenvalue weighted by Crippen LogP contribution is 2.25. The predicted octanol–water partition coefficient (Wildman–Crippen LogP) is 1.95. The quantitative estimate of drug-likeness (QED) is 0.649. The summed E-state index contributed by atoms with van der Waals surface area (Å²) in [4.78, 5) is 16.6. The van der Waals surface area contributed by atoms with Crippen LogP contribution in [-0.2, 0) is 13.0 Å². The molecule has 0 aliphatic carbocycles. The Morgan fingerprint density at radius 2 is 2.19 bits per heavy atom. The largest absolute Gasteiger partial charge is 0.495 e. The average molecular weight is 288 g/mol. The van der Waals surface area contributed by atoms with Crippen LogP contribution >= 0.6 is 0 Å². The van der Waals surface area contributed by atoms with Gasteiger partial charge in [0.25, 0.3) is 0 Å². The van der Waals surface area contributed by atoms with E-state index in [1.54, 1.807) is 22.9 Å². The van der Waals surface area contributed by atoms with Crippen molar-refractivity contribution in [2.45, 2.75) is 26.8 Å². The number of anilines is 1. The van der Waals surface area contributed by atoms with E-state index < -0.39 is 0 Å². The molecule has 6 nitrogen and oxygen atoms in total. The average Bonchev–Trinajstić information content (AvgIpc) is 2.85. The molecule has 112 valence electrons. The smallest absolute Gasteiger partial charge is 0.172 e. The molecule has 0 spiro atoms. The molecule has 0 aliphatic heterocycles. The lowest BCUT2D eigenvalue weighted by Gasteiger charge is -2.10. The van der Waals surface area contributed by atoms with Crippen molar-refractivity contribution >= 4 is 11.5 Å². The monoisotopic (exact) mass is 288 g/mol. The summed E-state index contributed by atoms with van der Waals surface area (Å²) < 4.78 is 6.90. The molecular weight excluding hydrogens is 268 g/mol. The van der Waals surface area contributed by atoms with Crippen LogP contribution in [0, 0.1) is 5.92 Å². The normalized spacial score (nSPS) is 10.9. The third-order valence-corrected chi connectivity index (χ3v) is 3.14. The molecule has 0 unspecified atom stereocenters. The molecule has 6 heteroatoms. The molecular formula is C15H20N4O2. The molecule has 0 aliphatic rings. The first kappa shape index (κ1) is 15.0. The Morgan fingerprint density at radius 1 is 1.43 bits per heavy atom. The van der Waals surface area contributed by atoms with E-state index in [-0.39, 0.29) is 12.2 Å². The van der Waals surface area contributed by atoms with Gasteiger partial charge in [-0.1, -0.05) is 19.9 Å². The molecule has 2 rings (SSSR count). The molecule has 0 fully saturated rings. The first-order valence-electron chi connectivity index (χ1n) is 6.85. The molecule has 1 aromatic heterocycles. The number of ketones is 1. The van der Waals surface area contributed by atoms with Gasteiger partial charge in [-0.15, -0.1) is 0 Å². The number of benzene rings is 1. The Labute approximate surface area is 123 Å². The fourth-order valence-electron chi connectivity index (χ4n) is 2.13. The number of hydrogen-bond acceptors (Lipinski definition) is 5. The van der Waals surface area contributed by atoms with Crippen molar-refractivity contribution in [3.05, 3.63) is 35.9 Å². The Kier molecular flexibility index (Phi) is 4.57. The van der Waals surface area contributed by atoms with Crippen LogP contribution in [0.4, 0.5) is 5.69 Å². The second-order valence-corrected chi connectivity index (χ2v) is 5.27. The molecule has 2 aromatic rings. The topological polar surface area (TPSA) is 83.0 Å². The van der Waals surface area contributed by atoms with E-state index in [9.17, 15) is 4.79 Å². The Hall–Kier alpha value is -2.37. The van der Waals surface area contributed by atoms with E-state index in [4.69, 9.17) is 10.5 Å². The van der Waals surface area contributed by atoms with Gasteiger partial charge in [-0.3, -0.25) is 4.79 Å². The SMILES string of the molecule is COc1cccc(C(=O)Cc2ncnn2CC(C)C)c1N. The second kappa shape index (κ2) is 6.39. The zero-order valence-corrected chi connectivity index (χ0v) is 12.5. The highest BCUT2D eigenvalue weighted by atomic mass is 16.5. The van der Waals surface area contributed by atoms with Gasteiger partial charge in [0.15, 0.2) is 5.78 Å². The number of rotatable bonds is 6. The minimum Gasteiger partial charge on any atom is -0.495 e. The summed E-state index contributed by atoms with van der Waals surface area (Å²) in [5.41, 5.74) is 6.77. The summed E-state index contributed by atoms with van der Waals surface area (Å²) in [7, 11) is 1.53. The second-order valence-electron chi connectivity index (χ2n) is 5.27. The number of hydrogen-bond donors (Lipinski definition) is 1. The summed E-state index contributed by atoms with van der Waals surface area (Å²) >= 11 is 0. The van der Waals surface area contributed by atoms with Gasteiger partial charge in [-0.05, 0) is 18.1 Å². The first-order chi connectivity index (χ1) is 10.0. The van der Waals surface area contributed by atoms with Crippen molar-refractivity contribution in [2.24, 2.45) is 5.92 Å². The molecule has 0 saturated carbocycles. The lowest BCUT2D eigenvalue weighted by molar-refractivity contribution is 0.0989. The summed E-state index contributed by atoms with van der Waals surface area (Å²) in [5.74, 6) is 1.49. The van der Waals surface area contributed by atoms with E-state index in [0.29, 0.717) is 28.7 Å². The summed E-state index contributed by atoms with van der Waals surface area (Å²) in [6.07, 6.45) is 1.64. The number of aromatic nitrogens is 3. The molecule has 0 atom stereocenters. The Bertz CT molecular complexity index is 634. The van der Waals surface area contributed by atoms with Crippen molar-refractivity contribution in [1.29, 1.82) is 0 Å². The van der Waals surface area contributed by atoms with E-state index in [1.165, 1.54) is 13.4 Å². The van der Waals surface area contributed by atoms with E-state index in [2.05, 4.69) is 23.9 Å². The number of para-hydroxylation sites is 1. The molecule has 0 amide bonds. The lowest BCUT2D eigenvalue weighted by atomic mass is 10.1.